The molecule has 1 amide bonds. The van der Waals surface area contributed by atoms with Crippen molar-refractivity contribution < 1.29 is 24.2 Å². The van der Waals surface area contributed by atoms with Gasteiger partial charge < -0.3 is 14.6 Å². The Morgan fingerprint density at radius 3 is 2.28 bits per heavy atom. The minimum absolute atomic E-state index is 0.00208. The van der Waals surface area contributed by atoms with Crippen molar-refractivity contribution in [1.29, 1.82) is 0 Å². The second-order valence-corrected chi connectivity index (χ2v) is 9.10. The SMILES string of the molecule is CCOc1ccc(C2/C(=C(/O)c3ccc(OC(C)C)c(C)c3)C(=O)C(=O)N2c2ccccc2C)cc1. The number of aliphatic hydroxyl groups is 1. The highest BCUT2D eigenvalue weighted by Gasteiger charge is 2.47. The lowest BCUT2D eigenvalue weighted by Gasteiger charge is -2.27. The van der Waals surface area contributed by atoms with E-state index in [2.05, 4.69) is 0 Å². The highest BCUT2D eigenvalue weighted by atomic mass is 16.5. The molecule has 1 fully saturated rings. The first-order valence-electron chi connectivity index (χ1n) is 12.1. The zero-order chi connectivity index (χ0) is 26.0. The van der Waals surface area contributed by atoms with E-state index in [0.717, 1.165) is 11.1 Å². The molecule has 1 saturated heterocycles. The minimum Gasteiger partial charge on any atom is -0.507 e. The van der Waals surface area contributed by atoms with Crippen molar-refractivity contribution in [3.63, 3.8) is 0 Å². The van der Waals surface area contributed by atoms with Crippen molar-refractivity contribution in [2.24, 2.45) is 0 Å². The van der Waals surface area contributed by atoms with Crippen LogP contribution in [0.4, 0.5) is 5.69 Å². The minimum atomic E-state index is -0.798. The van der Waals surface area contributed by atoms with Crippen LogP contribution in [0.2, 0.25) is 0 Å². The Hall–Kier alpha value is -4.06. The maximum Gasteiger partial charge on any atom is 0.300 e. The molecule has 1 atom stereocenters. The van der Waals surface area contributed by atoms with Gasteiger partial charge in [-0.2, -0.15) is 0 Å². The van der Waals surface area contributed by atoms with E-state index in [0.29, 0.717) is 34.9 Å². The highest BCUT2D eigenvalue weighted by molar-refractivity contribution is 6.51. The number of anilines is 1. The molecule has 4 rings (SSSR count). The number of aliphatic hydroxyl groups excluding tert-OH is 1. The van der Waals surface area contributed by atoms with Gasteiger partial charge in [-0.15, -0.1) is 0 Å². The number of hydrogen-bond acceptors (Lipinski definition) is 5. The molecular formula is C30H31NO5. The van der Waals surface area contributed by atoms with Crippen LogP contribution in [0.15, 0.2) is 72.3 Å². The number of aryl methyl sites for hydroxylation is 2. The monoisotopic (exact) mass is 485 g/mol. The van der Waals surface area contributed by atoms with Crippen molar-refractivity contribution >= 4 is 23.1 Å². The number of amides is 1. The number of rotatable bonds is 7. The van der Waals surface area contributed by atoms with Gasteiger partial charge in [0.1, 0.15) is 17.3 Å². The lowest BCUT2D eigenvalue weighted by molar-refractivity contribution is -0.132. The quantitative estimate of drug-likeness (QED) is 0.248. The predicted octanol–water partition coefficient (Wildman–Crippen LogP) is 6.12. The van der Waals surface area contributed by atoms with Crippen molar-refractivity contribution in [1.82, 2.24) is 0 Å². The number of nitrogens with zero attached hydrogens (tertiary/aromatic N) is 1. The van der Waals surface area contributed by atoms with Gasteiger partial charge in [0.05, 0.1) is 24.3 Å². The van der Waals surface area contributed by atoms with E-state index in [9.17, 15) is 14.7 Å². The van der Waals surface area contributed by atoms with Gasteiger partial charge in [0.25, 0.3) is 11.7 Å². The topological polar surface area (TPSA) is 76.1 Å². The first-order chi connectivity index (χ1) is 17.2. The van der Waals surface area contributed by atoms with E-state index in [1.807, 2.05) is 71.0 Å². The third-order valence-electron chi connectivity index (χ3n) is 6.14. The zero-order valence-electron chi connectivity index (χ0n) is 21.2. The molecule has 0 aromatic heterocycles. The van der Waals surface area contributed by atoms with Crippen LogP contribution in [0.3, 0.4) is 0 Å². The molecule has 1 aliphatic rings. The molecule has 36 heavy (non-hydrogen) atoms. The first kappa shape index (κ1) is 25.0. The van der Waals surface area contributed by atoms with Gasteiger partial charge in [-0.05, 0) is 87.7 Å². The van der Waals surface area contributed by atoms with Crippen molar-refractivity contribution in [2.45, 2.75) is 46.8 Å². The van der Waals surface area contributed by atoms with E-state index < -0.39 is 17.7 Å². The summed E-state index contributed by atoms with van der Waals surface area (Å²) >= 11 is 0. The van der Waals surface area contributed by atoms with Crippen LogP contribution in [0.5, 0.6) is 11.5 Å². The summed E-state index contributed by atoms with van der Waals surface area (Å²) in [5.41, 5.74) is 3.47. The first-order valence-corrected chi connectivity index (χ1v) is 12.1. The number of benzene rings is 3. The molecule has 0 radical (unpaired) electrons. The van der Waals surface area contributed by atoms with Gasteiger partial charge in [0, 0.05) is 11.3 Å². The Kier molecular flexibility index (Phi) is 7.15. The fourth-order valence-corrected chi connectivity index (χ4v) is 4.48. The number of carbonyl (C=O) groups is 2. The molecule has 186 valence electrons. The average molecular weight is 486 g/mol. The fourth-order valence-electron chi connectivity index (χ4n) is 4.48. The maximum atomic E-state index is 13.4. The van der Waals surface area contributed by atoms with Gasteiger partial charge in [-0.1, -0.05) is 30.3 Å². The summed E-state index contributed by atoms with van der Waals surface area (Å²) in [5, 5.41) is 11.4. The molecule has 0 spiro atoms. The summed E-state index contributed by atoms with van der Waals surface area (Å²) in [6.45, 7) is 10.1. The van der Waals surface area contributed by atoms with E-state index in [1.165, 1.54) is 4.90 Å². The van der Waals surface area contributed by atoms with Gasteiger partial charge >= 0.3 is 0 Å². The van der Waals surface area contributed by atoms with E-state index in [1.54, 1.807) is 30.3 Å². The van der Waals surface area contributed by atoms with Crippen LogP contribution >= 0.6 is 0 Å². The Balaban J connectivity index is 1.89. The fraction of sp³-hybridized carbons (Fsp3) is 0.267. The summed E-state index contributed by atoms with van der Waals surface area (Å²) in [7, 11) is 0. The molecule has 1 aliphatic heterocycles. The van der Waals surface area contributed by atoms with Crippen LogP contribution in [0.1, 0.15) is 49.1 Å². The Labute approximate surface area is 211 Å². The average Bonchev–Trinajstić information content (AvgIpc) is 3.11. The van der Waals surface area contributed by atoms with Gasteiger partial charge in [0.15, 0.2) is 0 Å². The maximum absolute atomic E-state index is 13.4. The Morgan fingerprint density at radius 1 is 0.972 bits per heavy atom. The Bertz CT molecular complexity index is 1320. The van der Waals surface area contributed by atoms with Crippen molar-refractivity contribution in [3.8, 4) is 11.5 Å². The Morgan fingerprint density at radius 2 is 1.67 bits per heavy atom. The van der Waals surface area contributed by atoms with E-state index in [4.69, 9.17) is 9.47 Å². The molecule has 0 saturated carbocycles. The highest BCUT2D eigenvalue weighted by Crippen LogP contribution is 2.43. The summed E-state index contributed by atoms with van der Waals surface area (Å²) in [5.74, 6) is -0.242. The molecule has 0 bridgehead atoms. The van der Waals surface area contributed by atoms with Gasteiger partial charge in [-0.3, -0.25) is 14.5 Å². The summed E-state index contributed by atoms with van der Waals surface area (Å²) in [4.78, 5) is 28.3. The number of para-hydroxylation sites is 1. The van der Waals surface area contributed by atoms with Crippen LogP contribution in [0.25, 0.3) is 5.76 Å². The number of hydrogen-bond donors (Lipinski definition) is 1. The molecule has 1 N–H and O–H groups in total. The standard InChI is InChI=1S/C30H31NO5/c1-6-35-23-14-11-21(12-15-23)27-26(28(32)22-13-16-25(20(5)17-22)36-18(2)3)29(33)30(34)31(27)24-10-8-7-9-19(24)4/h7-18,27,32H,6H2,1-5H3/b28-26-. The molecule has 6 nitrogen and oxygen atoms in total. The van der Waals surface area contributed by atoms with E-state index >= 15 is 0 Å². The predicted molar refractivity (Wildman–Crippen MR) is 141 cm³/mol. The second-order valence-electron chi connectivity index (χ2n) is 9.10. The third-order valence-corrected chi connectivity index (χ3v) is 6.14. The molecule has 0 aliphatic carbocycles. The van der Waals surface area contributed by atoms with Gasteiger partial charge in [0.2, 0.25) is 0 Å². The van der Waals surface area contributed by atoms with Crippen LogP contribution in [-0.2, 0) is 9.59 Å². The second kappa shape index (κ2) is 10.3. The number of Topliss-reactive ketones (excluding diaryl/α,β-unsaturated/α-hetero) is 1. The number of ether oxygens (including phenoxy) is 2. The molecule has 6 heteroatoms. The molecule has 3 aromatic carbocycles. The van der Waals surface area contributed by atoms with E-state index in [-0.39, 0.29) is 17.4 Å². The molecule has 1 unspecified atom stereocenters. The molecule has 3 aromatic rings. The third kappa shape index (κ3) is 4.71. The number of carbonyl (C=O) groups excluding carboxylic acids is 2. The largest absolute Gasteiger partial charge is 0.507 e. The normalized spacial score (nSPS) is 17.1. The summed E-state index contributed by atoms with van der Waals surface area (Å²) in [6.07, 6.45) is 0.00208. The smallest absolute Gasteiger partial charge is 0.300 e. The zero-order valence-corrected chi connectivity index (χ0v) is 21.2. The van der Waals surface area contributed by atoms with Crippen molar-refractivity contribution in [2.75, 3.05) is 11.5 Å². The lowest BCUT2D eigenvalue weighted by atomic mass is 9.94. The summed E-state index contributed by atoms with van der Waals surface area (Å²) in [6, 6.07) is 19.1. The van der Waals surface area contributed by atoms with Crippen LogP contribution in [0, 0.1) is 13.8 Å². The molecular weight excluding hydrogens is 454 g/mol. The van der Waals surface area contributed by atoms with Crippen LogP contribution < -0.4 is 14.4 Å². The van der Waals surface area contributed by atoms with Crippen molar-refractivity contribution in [3.05, 3.63) is 94.6 Å². The lowest BCUT2D eigenvalue weighted by Crippen LogP contribution is -2.30. The molecule has 1 heterocycles. The summed E-state index contributed by atoms with van der Waals surface area (Å²) < 4.78 is 11.4. The van der Waals surface area contributed by atoms with Gasteiger partial charge in [-0.25, -0.2) is 0 Å². The van der Waals surface area contributed by atoms with Crippen LogP contribution in [-0.4, -0.2) is 29.5 Å². The number of ketones is 1.